The second-order valence-electron chi connectivity index (χ2n) is 4.16. The van der Waals surface area contributed by atoms with Crippen molar-refractivity contribution in [1.29, 1.82) is 0 Å². The van der Waals surface area contributed by atoms with Crippen LogP contribution in [0.1, 0.15) is 24.2 Å². The molecule has 5 heteroatoms. The normalized spacial score (nSPS) is 10.6. The minimum atomic E-state index is -0.494. The summed E-state index contributed by atoms with van der Waals surface area (Å²) in [7, 11) is 1.43. The Bertz CT molecular complexity index is 421. The van der Waals surface area contributed by atoms with E-state index in [2.05, 4.69) is 0 Å². The fourth-order valence-corrected chi connectivity index (χ4v) is 1.70. The molecule has 0 atom stereocenters. The van der Waals surface area contributed by atoms with Gasteiger partial charge in [0, 0.05) is 12.6 Å². The summed E-state index contributed by atoms with van der Waals surface area (Å²) in [5.74, 6) is -0.521. The molecule has 0 aromatic heterocycles. The average Bonchev–Trinajstić information content (AvgIpc) is 2.34. The third-order valence-corrected chi connectivity index (χ3v) is 2.62. The van der Waals surface area contributed by atoms with Crippen molar-refractivity contribution in [1.82, 2.24) is 4.90 Å². The Kier molecular flexibility index (Phi) is 5.09. The summed E-state index contributed by atoms with van der Waals surface area (Å²) in [5, 5.41) is 8.96. The van der Waals surface area contributed by atoms with Gasteiger partial charge in [-0.15, -0.1) is 0 Å². The Hall–Kier alpha value is -1.62. The Labute approximate surface area is 106 Å². The lowest BCUT2D eigenvalue weighted by atomic mass is 10.1. The molecule has 0 unspecified atom stereocenters. The zero-order valence-corrected chi connectivity index (χ0v) is 10.8. The Morgan fingerprint density at radius 2 is 2.17 bits per heavy atom. The minimum Gasteiger partial charge on any atom is -0.496 e. The number of amides is 1. The summed E-state index contributed by atoms with van der Waals surface area (Å²) in [5.41, 5.74) is 0.166. The van der Waals surface area contributed by atoms with Crippen molar-refractivity contribution in [3.05, 3.63) is 29.6 Å². The first-order valence-electron chi connectivity index (χ1n) is 5.76. The van der Waals surface area contributed by atoms with Gasteiger partial charge in [-0.3, -0.25) is 4.79 Å². The number of hydrogen-bond donors (Lipinski definition) is 1. The smallest absolute Gasteiger partial charge is 0.258 e. The number of nitrogens with zero attached hydrogens (tertiary/aromatic N) is 1. The number of aliphatic hydroxyl groups excluding tert-OH is 1. The van der Waals surface area contributed by atoms with Crippen molar-refractivity contribution in [3.63, 3.8) is 0 Å². The van der Waals surface area contributed by atoms with Gasteiger partial charge in [-0.25, -0.2) is 4.39 Å². The molecule has 0 bridgehead atoms. The maximum absolute atomic E-state index is 13.2. The minimum absolute atomic E-state index is 0.0855. The molecular formula is C13H18FNO3. The first-order chi connectivity index (χ1) is 8.51. The topological polar surface area (TPSA) is 49.8 Å². The maximum atomic E-state index is 13.2. The lowest BCUT2D eigenvalue weighted by Crippen LogP contribution is -2.39. The van der Waals surface area contributed by atoms with Crippen LogP contribution in [0.5, 0.6) is 5.75 Å². The van der Waals surface area contributed by atoms with Gasteiger partial charge in [0.25, 0.3) is 5.91 Å². The van der Waals surface area contributed by atoms with E-state index >= 15 is 0 Å². The van der Waals surface area contributed by atoms with Crippen molar-refractivity contribution < 1.29 is 19.0 Å². The molecular weight excluding hydrogens is 237 g/mol. The van der Waals surface area contributed by atoms with Gasteiger partial charge in [-0.05, 0) is 32.0 Å². The summed E-state index contributed by atoms with van der Waals surface area (Å²) < 4.78 is 18.3. The molecule has 0 spiro atoms. The highest BCUT2D eigenvalue weighted by Crippen LogP contribution is 2.21. The summed E-state index contributed by atoms with van der Waals surface area (Å²) in [6.07, 6.45) is 0. The SMILES string of the molecule is COc1ccc(F)cc1C(=O)N(CCO)C(C)C. The molecule has 1 amide bonds. The zero-order chi connectivity index (χ0) is 13.7. The highest BCUT2D eigenvalue weighted by molar-refractivity contribution is 5.97. The summed E-state index contributed by atoms with van der Waals surface area (Å²) in [4.78, 5) is 13.7. The molecule has 4 nitrogen and oxygen atoms in total. The number of carbonyl (C=O) groups is 1. The van der Waals surface area contributed by atoms with Crippen molar-refractivity contribution in [2.45, 2.75) is 19.9 Å². The molecule has 1 N–H and O–H groups in total. The Morgan fingerprint density at radius 3 is 2.67 bits per heavy atom. The van der Waals surface area contributed by atoms with Gasteiger partial charge in [-0.2, -0.15) is 0 Å². The van der Waals surface area contributed by atoms with Crippen molar-refractivity contribution in [2.24, 2.45) is 0 Å². The van der Waals surface area contributed by atoms with Crippen LogP contribution in [0.15, 0.2) is 18.2 Å². The second-order valence-corrected chi connectivity index (χ2v) is 4.16. The summed E-state index contributed by atoms with van der Waals surface area (Å²) >= 11 is 0. The molecule has 0 heterocycles. The molecule has 0 saturated heterocycles. The molecule has 0 aliphatic heterocycles. The lowest BCUT2D eigenvalue weighted by Gasteiger charge is -2.26. The highest BCUT2D eigenvalue weighted by Gasteiger charge is 2.22. The zero-order valence-electron chi connectivity index (χ0n) is 10.8. The van der Waals surface area contributed by atoms with Crippen molar-refractivity contribution in [3.8, 4) is 5.75 Å². The van der Waals surface area contributed by atoms with E-state index in [1.165, 1.54) is 24.1 Å². The third kappa shape index (κ3) is 3.20. The number of hydrogen-bond acceptors (Lipinski definition) is 3. The van der Waals surface area contributed by atoms with Crippen LogP contribution in [-0.2, 0) is 0 Å². The van der Waals surface area contributed by atoms with Crippen LogP contribution < -0.4 is 4.74 Å². The molecule has 0 aliphatic rings. The van der Waals surface area contributed by atoms with E-state index in [0.29, 0.717) is 5.75 Å². The molecule has 1 aromatic rings. The van der Waals surface area contributed by atoms with Crippen LogP contribution in [-0.4, -0.2) is 42.2 Å². The Balaban J connectivity index is 3.11. The van der Waals surface area contributed by atoms with Crippen LogP contribution in [0.2, 0.25) is 0 Å². The fourth-order valence-electron chi connectivity index (χ4n) is 1.70. The van der Waals surface area contributed by atoms with Gasteiger partial charge in [0.2, 0.25) is 0 Å². The van der Waals surface area contributed by atoms with Gasteiger partial charge >= 0.3 is 0 Å². The number of ether oxygens (including phenoxy) is 1. The molecule has 1 rings (SSSR count). The molecule has 0 saturated carbocycles. The van der Waals surface area contributed by atoms with Gasteiger partial charge in [0.15, 0.2) is 0 Å². The average molecular weight is 255 g/mol. The number of aliphatic hydroxyl groups is 1. The van der Waals surface area contributed by atoms with E-state index in [1.54, 1.807) is 0 Å². The molecule has 0 radical (unpaired) electrons. The largest absolute Gasteiger partial charge is 0.496 e. The van der Waals surface area contributed by atoms with Gasteiger partial charge in [-0.1, -0.05) is 0 Å². The van der Waals surface area contributed by atoms with E-state index in [-0.39, 0.29) is 30.7 Å². The van der Waals surface area contributed by atoms with E-state index in [0.717, 1.165) is 6.07 Å². The molecule has 0 aliphatic carbocycles. The summed E-state index contributed by atoms with van der Waals surface area (Å²) in [6, 6.07) is 3.72. The van der Waals surface area contributed by atoms with Gasteiger partial charge in [0.05, 0.1) is 19.3 Å². The maximum Gasteiger partial charge on any atom is 0.258 e. The van der Waals surface area contributed by atoms with E-state index in [4.69, 9.17) is 9.84 Å². The molecule has 0 fully saturated rings. The van der Waals surface area contributed by atoms with Crippen LogP contribution in [0.4, 0.5) is 4.39 Å². The fraction of sp³-hybridized carbons (Fsp3) is 0.462. The second kappa shape index (κ2) is 6.35. The van der Waals surface area contributed by atoms with E-state index < -0.39 is 5.82 Å². The van der Waals surface area contributed by atoms with Crippen LogP contribution >= 0.6 is 0 Å². The third-order valence-electron chi connectivity index (χ3n) is 2.62. The van der Waals surface area contributed by atoms with Gasteiger partial charge in [0.1, 0.15) is 11.6 Å². The Morgan fingerprint density at radius 1 is 1.50 bits per heavy atom. The standard InChI is InChI=1S/C13H18FNO3/c1-9(2)15(6-7-16)13(17)11-8-10(14)4-5-12(11)18-3/h4-5,8-9,16H,6-7H2,1-3H3. The van der Waals surface area contributed by atoms with Crippen LogP contribution in [0, 0.1) is 5.82 Å². The number of rotatable bonds is 5. The molecule has 100 valence electrons. The molecule has 1 aromatic carbocycles. The number of benzene rings is 1. The first-order valence-corrected chi connectivity index (χ1v) is 5.76. The predicted octanol–water partition coefficient (Wildman–Crippen LogP) is 1.68. The predicted molar refractivity (Wildman–Crippen MR) is 66.2 cm³/mol. The van der Waals surface area contributed by atoms with Crippen LogP contribution in [0.3, 0.4) is 0 Å². The first kappa shape index (κ1) is 14.4. The van der Waals surface area contributed by atoms with E-state index in [1.807, 2.05) is 13.8 Å². The monoisotopic (exact) mass is 255 g/mol. The van der Waals surface area contributed by atoms with Crippen molar-refractivity contribution >= 4 is 5.91 Å². The number of methoxy groups -OCH3 is 1. The quantitative estimate of drug-likeness (QED) is 0.870. The molecule has 18 heavy (non-hydrogen) atoms. The van der Waals surface area contributed by atoms with E-state index in [9.17, 15) is 9.18 Å². The number of halogens is 1. The van der Waals surface area contributed by atoms with Gasteiger partial charge < -0.3 is 14.7 Å². The summed E-state index contributed by atoms with van der Waals surface area (Å²) in [6.45, 7) is 3.73. The van der Waals surface area contributed by atoms with Crippen molar-refractivity contribution in [2.75, 3.05) is 20.3 Å². The highest BCUT2D eigenvalue weighted by atomic mass is 19.1. The lowest BCUT2D eigenvalue weighted by molar-refractivity contribution is 0.0661. The van der Waals surface area contributed by atoms with Crippen LogP contribution in [0.25, 0.3) is 0 Å². The number of carbonyl (C=O) groups excluding carboxylic acids is 1.